The number of hydrogen-bond acceptors (Lipinski definition) is 5. The normalized spacial score (nSPS) is 11.0. The maximum absolute atomic E-state index is 12.5. The van der Waals surface area contributed by atoms with Crippen molar-refractivity contribution in [3.8, 4) is 0 Å². The summed E-state index contributed by atoms with van der Waals surface area (Å²) in [4.78, 5) is 29.3. The van der Waals surface area contributed by atoms with Gasteiger partial charge in [0.2, 0.25) is 5.91 Å². The number of thioether (sulfide) groups is 1. The van der Waals surface area contributed by atoms with Crippen LogP contribution in [0.25, 0.3) is 10.2 Å². The first-order valence-electron chi connectivity index (χ1n) is 8.52. The van der Waals surface area contributed by atoms with Gasteiger partial charge in [-0.15, -0.1) is 11.3 Å². The minimum Gasteiger partial charge on any atom is -0.325 e. The molecule has 26 heavy (non-hydrogen) atoms. The molecule has 0 aliphatic carbocycles. The molecule has 0 atom stereocenters. The van der Waals surface area contributed by atoms with E-state index in [0.29, 0.717) is 15.4 Å². The predicted molar refractivity (Wildman–Crippen MR) is 109 cm³/mol. The molecule has 1 amide bonds. The van der Waals surface area contributed by atoms with Crippen molar-refractivity contribution in [3.05, 3.63) is 51.1 Å². The predicted octanol–water partition coefficient (Wildman–Crippen LogP) is 3.85. The monoisotopic (exact) mass is 387 g/mol. The highest BCUT2D eigenvalue weighted by Gasteiger charge is 2.14. The van der Waals surface area contributed by atoms with Crippen LogP contribution in [0.3, 0.4) is 0 Å². The number of para-hydroxylation sites is 1. The van der Waals surface area contributed by atoms with Crippen LogP contribution in [-0.4, -0.2) is 21.2 Å². The summed E-state index contributed by atoms with van der Waals surface area (Å²) in [5.74, 6) is 0.113. The van der Waals surface area contributed by atoms with E-state index in [1.165, 1.54) is 27.7 Å². The fraction of sp³-hybridized carbons (Fsp3) is 0.316. The third-order valence-electron chi connectivity index (χ3n) is 4.24. The molecule has 3 aromatic rings. The number of thiophene rings is 1. The second kappa shape index (κ2) is 8.05. The van der Waals surface area contributed by atoms with Gasteiger partial charge in [0.1, 0.15) is 4.70 Å². The second-order valence-corrected chi connectivity index (χ2v) is 7.75. The molecular weight excluding hydrogens is 366 g/mol. The van der Waals surface area contributed by atoms with Crippen LogP contribution in [0.2, 0.25) is 0 Å². The third-order valence-corrected chi connectivity index (χ3v) is 6.16. The number of nitrogens with one attached hydrogen (secondary N) is 1. The molecule has 136 valence electrons. The number of benzene rings is 1. The van der Waals surface area contributed by atoms with Crippen LogP contribution in [0.4, 0.5) is 5.69 Å². The highest BCUT2D eigenvalue weighted by Crippen LogP contribution is 2.24. The summed E-state index contributed by atoms with van der Waals surface area (Å²) in [6.07, 6.45) is 1.73. The van der Waals surface area contributed by atoms with E-state index in [1.807, 2.05) is 29.6 Å². The molecule has 0 fully saturated rings. The van der Waals surface area contributed by atoms with Gasteiger partial charge < -0.3 is 5.32 Å². The molecule has 2 heterocycles. The number of nitrogens with zero attached hydrogens (tertiary/aromatic N) is 2. The molecule has 0 aliphatic heterocycles. The van der Waals surface area contributed by atoms with Gasteiger partial charge in [-0.2, -0.15) is 0 Å². The molecule has 0 bridgehead atoms. The lowest BCUT2D eigenvalue weighted by Gasteiger charge is -2.14. The Morgan fingerprint density at radius 2 is 1.92 bits per heavy atom. The van der Waals surface area contributed by atoms with Gasteiger partial charge in [0.15, 0.2) is 5.16 Å². The molecule has 0 radical (unpaired) electrons. The van der Waals surface area contributed by atoms with Crippen molar-refractivity contribution in [2.45, 2.75) is 31.8 Å². The van der Waals surface area contributed by atoms with Crippen LogP contribution in [-0.2, 0) is 24.7 Å². The van der Waals surface area contributed by atoms with Crippen LogP contribution in [0, 0.1) is 0 Å². The van der Waals surface area contributed by atoms with Crippen molar-refractivity contribution < 1.29 is 4.79 Å². The molecule has 0 aliphatic rings. The van der Waals surface area contributed by atoms with Crippen molar-refractivity contribution in [3.63, 3.8) is 0 Å². The molecule has 0 unspecified atom stereocenters. The minimum atomic E-state index is -0.0923. The second-order valence-electron chi connectivity index (χ2n) is 5.89. The average Bonchev–Trinajstić information content (AvgIpc) is 3.12. The number of hydrogen-bond donors (Lipinski definition) is 1. The summed E-state index contributed by atoms with van der Waals surface area (Å²) in [7, 11) is 1.69. The Morgan fingerprint density at radius 1 is 1.23 bits per heavy atom. The molecule has 2 aromatic heterocycles. The Bertz CT molecular complexity index is 985. The Hall–Kier alpha value is -2.12. The van der Waals surface area contributed by atoms with E-state index in [2.05, 4.69) is 24.1 Å². The summed E-state index contributed by atoms with van der Waals surface area (Å²) in [6, 6.07) is 7.93. The number of aromatic nitrogens is 2. The highest BCUT2D eigenvalue weighted by molar-refractivity contribution is 7.99. The summed E-state index contributed by atoms with van der Waals surface area (Å²) < 4.78 is 2.15. The number of fused-ring (bicyclic) bond motifs is 1. The molecule has 7 heteroatoms. The number of carbonyl (C=O) groups excluding carboxylic acids is 1. The molecule has 3 rings (SSSR count). The number of rotatable bonds is 6. The zero-order valence-electron chi connectivity index (χ0n) is 15.0. The van der Waals surface area contributed by atoms with Crippen LogP contribution >= 0.6 is 23.1 Å². The largest absolute Gasteiger partial charge is 0.325 e. The Kier molecular flexibility index (Phi) is 5.78. The van der Waals surface area contributed by atoms with Crippen LogP contribution in [0.1, 0.15) is 25.0 Å². The average molecular weight is 388 g/mol. The molecule has 0 saturated carbocycles. The van der Waals surface area contributed by atoms with Crippen LogP contribution in [0.5, 0.6) is 0 Å². The Balaban J connectivity index is 1.76. The van der Waals surface area contributed by atoms with Crippen molar-refractivity contribution in [2.75, 3.05) is 11.1 Å². The first-order chi connectivity index (χ1) is 12.5. The van der Waals surface area contributed by atoms with Gasteiger partial charge in [0.25, 0.3) is 5.56 Å². The zero-order valence-corrected chi connectivity index (χ0v) is 16.7. The fourth-order valence-electron chi connectivity index (χ4n) is 2.81. The standard InChI is InChI=1S/C19H21N3O2S2/c1-4-12-7-6-8-13(5-2)16(12)21-15(23)11-26-19-20-14-9-10-25-17(14)18(24)22(19)3/h6-10H,4-5,11H2,1-3H3,(H,21,23). The van der Waals surface area contributed by atoms with Crippen molar-refractivity contribution in [1.29, 1.82) is 0 Å². The van der Waals surface area contributed by atoms with E-state index in [4.69, 9.17) is 0 Å². The fourth-order valence-corrected chi connectivity index (χ4v) is 4.38. The third kappa shape index (κ3) is 3.68. The molecule has 1 N–H and O–H groups in total. The van der Waals surface area contributed by atoms with E-state index in [-0.39, 0.29) is 17.2 Å². The quantitative estimate of drug-likeness (QED) is 0.515. The van der Waals surface area contributed by atoms with Gasteiger partial charge in [-0.1, -0.05) is 43.8 Å². The molecule has 0 saturated heterocycles. The maximum atomic E-state index is 12.5. The lowest BCUT2D eigenvalue weighted by atomic mass is 10.0. The zero-order chi connectivity index (χ0) is 18.7. The lowest BCUT2D eigenvalue weighted by Crippen LogP contribution is -2.21. The van der Waals surface area contributed by atoms with E-state index in [9.17, 15) is 9.59 Å². The van der Waals surface area contributed by atoms with Gasteiger partial charge in [-0.05, 0) is 35.4 Å². The Labute approximate surface area is 160 Å². The first-order valence-corrected chi connectivity index (χ1v) is 10.4. The van der Waals surface area contributed by atoms with Gasteiger partial charge in [0, 0.05) is 12.7 Å². The SMILES string of the molecule is CCc1cccc(CC)c1NC(=O)CSc1nc2ccsc2c(=O)n1C. The molecule has 0 spiro atoms. The lowest BCUT2D eigenvalue weighted by molar-refractivity contribution is -0.113. The van der Waals surface area contributed by atoms with E-state index < -0.39 is 0 Å². The Morgan fingerprint density at radius 3 is 2.58 bits per heavy atom. The van der Waals surface area contributed by atoms with Crippen LogP contribution < -0.4 is 10.9 Å². The highest BCUT2D eigenvalue weighted by atomic mass is 32.2. The summed E-state index contributed by atoms with van der Waals surface area (Å²) in [5, 5.41) is 5.45. The van der Waals surface area contributed by atoms with Gasteiger partial charge in [-0.25, -0.2) is 4.98 Å². The molecule has 5 nitrogen and oxygen atoms in total. The summed E-state index contributed by atoms with van der Waals surface area (Å²) >= 11 is 2.66. The smallest absolute Gasteiger partial charge is 0.271 e. The summed E-state index contributed by atoms with van der Waals surface area (Å²) in [5.41, 5.74) is 3.79. The molecular formula is C19H21N3O2S2. The number of carbonyl (C=O) groups is 1. The maximum Gasteiger partial charge on any atom is 0.271 e. The summed E-state index contributed by atoms with van der Waals surface area (Å²) in [6.45, 7) is 4.16. The van der Waals surface area contributed by atoms with Gasteiger partial charge >= 0.3 is 0 Å². The van der Waals surface area contributed by atoms with Crippen molar-refractivity contribution in [1.82, 2.24) is 9.55 Å². The van der Waals surface area contributed by atoms with Crippen LogP contribution in [0.15, 0.2) is 39.6 Å². The van der Waals surface area contributed by atoms with E-state index in [1.54, 1.807) is 7.05 Å². The first kappa shape index (κ1) is 18.7. The molecule has 1 aromatic carbocycles. The van der Waals surface area contributed by atoms with Crippen molar-refractivity contribution in [2.24, 2.45) is 7.05 Å². The van der Waals surface area contributed by atoms with Crippen molar-refractivity contribution >= 4 is 44.9 Å². The topological polar surface area (TPSA) is 64.0 Å². The van der Waals surface area contributed by atoms with Gasteiger partial charge in [-0.3, -0.25) is 14.2 Å². The number of amides is 1. The van der Waals surface area contributed by atoms with E-state index in [0.717, 1.165) is 29.7 Å². The van der Waals surface area contributed by atoms with Gasteiger partial charge in [0.05, 0.1) is 11.3 Å². The number of aryl methyl sites for hydroxylation is 2. The van der Waals surface area contributed by atoms with E-state index >= 15 is 0 Å². The number of anilines is 1. The minimum absolute atomic E-state index is 0.0718.